The zero-order valence-corrected chi connectivity index (χ0v) is 35.6. The lowest BCUT2D eigenvalue weighted by Crippen LogP contribution is -2.54. The molecule has 0 atom stereocenters. The second-order valence-corrected chi connectivity index (χ2v) is 17.5. The van der Waals surface area contributed by atoms with E-state index >= 15 is 0 Å². The highest BCUT2D eigenvalue weighted by molar-refractivity contribution is 5.98. The summed E-state index contributed by atoms with van der Waals surface area (Å²) in [4.78, 5) is 65.2. The lowest BCUT2D eigenvalue weighted by molar-refractivity contribution is 0.0519. The average molecular weight is 817 g/mol. The highest BCUT2D eigenvalue weighted by Gasteiger charge is 2.34. The van der Waals surface area contributed by atoms with E-state index in [2.05, 4.69) is 26.6 Å². The quantitative estimate of drug-likeness (QED) is 0.0686. The average Bonchev–Trinajstić information content (AvgIpc) is 3.42. The molecule has 0 unspecified atom stereocenters. The van der Waals surface area contributed by atoms with E-state index in [1.165, 1.54) is 18.2 Å². The van der Waals surface area contributed by atoms with Crippen LogP contribution in [0, 0.1) is 0 Å². The fourth-order valence-corrected chi connectivity index (χ4v) is 6.58. The second-order valence-electron chi connectivity index (χ2n) is 17.5. The first-order valence-electron chi connectivity index (χ1n) is 19.8. The Balaban J connectivity index is 1.54. The van der Waals surface area contributed by atoms with Gasteiger partial charge in [0.2, 0.25) is 0 Å². The molecule has 7 N–H and O–H groups in total. The molecule has 1 aliphatic carbocycles. The van der Waals surface area contributed by atoms with Gasteiger partial charge in [-0.2, -0.15) is 0 Å². The van der Waals surface area contributed by atoms with Gasteiger partial charge in [0, 0.05) is 36.7 Å². The van der Waals surface area contributed by atoms with Gasteiger partial charge >= 0.3 is 24.4 Å². The van der Waals surface area contributed by atoms with Gasteiger partial charge < -0.3 is 45.9 Å². The third-order valence-corrected chi connectivity index (χ3v) is 9.09. The van der Waals surface area contributed by atoms with Crippen LogP contribution in [0.2, 0.25) is 0 Å². The molecule has 320 valence electrons. The van der Waals surface area contributed by atoms with Gasteiger partial charge in [0.25, 0.3) is 5.91 Å². The summed E-state index contributed by atoms with van der Waals surface area (Å²) < 4.78 is 22.0. The lowest BCUT2D eigenvalue weighted by Gasteiger charge is -2.36. The van der Waals surface area contributed by atoms with Gasteiger partial charge in [-0.3, -0.25) is 10.1 Å². The van der Waals surface area contributed by atoms with Crippen LogP contribution >= 0.6 is 0 Å². The van der Waals surface area contributed by atoms with Crippen LogP contribution in [0.15, 0.2) is 66.7 Å². The number of rotatable bonds is 14. The summed E-state index contributed by atoms with van der Waals surface area (Å²) in [5, 5.41) is 14.0. The van der Waals surface area contributed by atoms with Crippen LogP contribution in [0.1, 0.15) is 109 Å². The number of nitrogen functional groups attached to an aromatic ring is 1. The number of anilines is 2. The topological polar surface area (TPSA) is 208 Å². The molecule has 15 heteroatoms. The summed E-state index contributed by atoms with van der Waals surface area (Å²) in [7, 11) is 0. The van der Waals surface area contributed by atoms with Crippen molar-refractivity contribution in [2.45, 2.75) is 110 Å². The Kier molecular flexibility index (Phi) is 14.9. The molecule has 0 fully saturated rings. The fourth-order valence-electron chi connectivity index (χ4n) is 6.58. The van der Waals surface area contributed by atoms with Crippen molar-refractivity contribution in [3.05, 3.63) is 83.4 Å². The van der Waals surface area contributed by atoms with Gasteiger partial charge in [-0.1, -0.05) is 48.5 Å². The molecule has 15 nitrogen and oxygen atoms in total. The van der Waals surface area contributed by atoms with Gasteiger partial charge in [0.05, 0.1) is 11.4 Å². The van der Waals surface area contributed by atoms with Gasteiger partial charge in [0.15, 0.2) is 0 Å². The summed E-state index contributed by atoms with van der Waals surface area (Å²) in [5.74, 6) is -0.706. The summed E-state index contributed by atoms with van der Waals surface area (Å²) >= 11 is 0. The fraction of sp³-hybridized carbons (Fsp3) is 0.477. The van der Waals surface area contributed by atoms with Crippen molar-refractivity contribution >= 4 is 41.7 Å². The predicted octanol–water partition coefficient (Wildman–Crippen LogP) is 7.84. The molecule has 3 aromatic rings. The maximum atomic E-state index is 14.2. The Morgan fingerprint density at radius 3 is 1.44 bits per heavy atom. The van der Waals surface area contributed by atoms with Crippen molar-refractivity contribution in [1.29, 1.82) is 0 Å². The number of carbonyl (C=O) groups is 5. The molecule has 0 heterocycles. The van der Waals surface area contributed by atoms with Gasteiger partial charge in [-0.05, 0) is 122 Å². The van der Waals surface area contributed by atoms with Crippen LogP contribution < -0.4 is 32.3 Å². The molecule has 0 saturated carbocycles. The molecule has 0 spiro atoms. The molecule has 59 heavy (non-hydrogen) atoms. The molecule has 4 rings (SSSR count). The maximum absolute atomic E-state index is 14.2. The number of ether oxygens (including phenoxy) is 4. The van der Waals surface area contributed by atoms with Gasteiger partial charge in [-0.25, -0.2) is 19.2 Å². The molecule has 0 aliphatic heterocycles. The van der Waals surface area contributed by atoms with Crippen molar-refractivity contribution in [3.8, 4) is 11.1 Å². The summed E-state index contributed by atoms with van der Waals surface area (Å²) in [5.41, 5.74) is 7.71. The predicted molar refractivity (Wildman–Crippen MR) is 226 cm³/mol. The molecule has 1 aliphatic rings. The minimum Gasteiger partial charge on any atom is -0.448 e. The Morgan fingerprint density at radius 1 is 0.593 bits per heavy atom. The smallest absolute Gasteiger partial charge is 0.411 e. The molecule has 0 bridgehead atoms. The zero-order chi connectivity index (χ0) is 43.6. The number of carbonyl (C=O) groups excluding carboxylic acids is 5. The summed E-state index contributed by atoms with van der Waals surface area (Å²) in [6.07, 6.45) is -2.24. The maximum Gasteiger partial charge on any atom is 0.411 e. The number of hydrogen-bond donors (Lipinski definition) is 6. The van der Waals surface area contributed by atoms with Crippen LogP contribution in [-0.4, -0.2) is 78.9 Å². The molecule has 0 aromatic heterocycles. The molecule has 0 radical (unpaired) electrons. The molecular weight excluding hydrogens is 757 g/mol. The monoisotopic (exact) mass is 816 g/mol. The third kappa shape index (κ3) is 14.4. The summed E-state index contributed by atoms with van der Waals surface area (Å²) in [6, 6.07) is 20.4. The van der Waals surface area contributed by atoms with Crippen LogP contribution in [0.25, 0.3) is 11.1 Å². The second kappa shape index (κ2) is 19.2. The van der Waals surface area contributed by atoms with Crippen molar-refractivity contribution in [2.24, 2.45) is 0 Å². The normalized spacial score (nSPS) is 12.6. The number of nitrogens with two attached hydrogens (primary N) is 1. The van der Waals surface area contributed by atoms with Crippen molar-refractivity contribution in [3.63, 3.8) is 0 Å². The van der Waals surface area contributed by atoms with E-state index in [1.807, 2.05) is 48.5 Å². The highest BCUT2D eigenvalue weighted by Crippen LogP contribution is 2.44. The van der Waals surface area contributed by atoms with Crippen LogP contribution in [0.5, 0.6) is 0 Å². The molecule has 0 saturated heterocycles. The van der Waals surface area contributed by atoms with E-state index in [0.29, 0.717) is 0 Å². The van der Waals surface area contributed by atoms with E-state index < -0.39 is 52.6 Å². The third-order valence-electron chi connectivity index (χ3n) is 9.09. The Morgan fingerprint density at radius 2 is 1.02 bits per heavy atom. The molecule has 5 amide bonds. The Hall–Kier alpha value is -5.99. The highest BCUT2D eigenvalue weighted by atomic mass is 16.6. The largest absolute Gasteiger partial charge is 0.448 e. The van der Waals surface area contributed by atoms with Gasteiger partial charge in [-0.15, -0.1) is 0 Å². The first kappa shape index (κ1) is 45.7. The van der Waals surface area contributed by atoms with E-state index in [0.717, 1.165) is 22.3 Å². The number of benzene rings is 3. The van der Waals surface area contributed by atoms with Crippen molar-refractivity contribution in [2.75, 3.05) is 37.3 Å². The van der Waals surface area contributed by atoms with E-state index in [9.17, 15) is 24.0 Å². The van der Waals surface area contributed by atoms with E-state index in [4.69, 9.17) is 24.7 Å². The minimum atomic E-state index is -1.14. The van der Waals surface area contributed by atoms with Gasteiger partial charge in [0.1, 0.15) is 23.4 Å². The zero-order valence-electron chi connectivity index (χ0n) is 35.6. The van der Waals surface area contributed by atoms with Crippen LogP contribution in [-0.2, 0) is 18.9 Å². The van der Waals surface area contributed by atoms with Crippen molar-refractivity contribution < 1.29 is 42.9 Å². The first-order valence-corrected chi connectivity index (χ1v) is 19.8. The number of amides is 5. The Labute approximate surface area is 346 Å². The van der Waals surface area contributed by atoms with Crippen molar-refractivity contribution in [1.82, 2.24) is 21.3 Å². The first-order chi connectivity index (χ1) is 27.5. The Bertz CT molecular complexity index is 1850. The van der Waals surface area contributed by atoms with Crippen LogP contribution in [0.4, 0.5) is 30.6 Å². The SMILES string of the molecule is CC(C)(C)OC(=O)NCCC(CCNC(=O)OC(C)(C)C)(CCNC(=O)OC(C)(C)C)NC(=O)c1ccc(N)c(NC(=O)OCC2c3ccccc3-c3ccccc32)c1. The number of nitrogens with one attached hydrogen (secondary N) is 5. The van der Waals surface area contributed by atoms with E-state index in [1.54, 1.807) is 62.3 Å². The molecule has 3 aromatic carbocycles. The number of alkyl carbamates (subject to hydrolysis) is 3. The van der Waals surface area contributed by atoms with E-state index in [-0.39, 0.29) is 68.4 Å². The standard InChI is InChI=1S/C44H60N6O9/c1-41(2,3)57-37(52)46-23-20-44(21-24-47-38(53)58-42(4,5)6,22-25-48-39(54)59-43(7,8)9)50-36(51)28-18-19-34(45)35(26-28)49-40(55)56-27-33-31-16-12-10-14-29(31)30-15-11-13-17-32(30)33/h10-19,26,33H,20-25,27,45H2,1-9H3,(H,46,52)(H,47,53)(H,48,54)(H,49,55)(H,50,51). The number of fused-ring (bicyclic) bond motifs is 3. The minimum absolute atomic E-state index is 0.0599. The lowest BCUT2D eigenvalue weighted by atomic mass is 9.86. The van der Waals surface area contributed by atoms with Crippen LogP contribution in [0.3, 0.4) is 0 Å². The molecular formula is C44H60N6O9. The number of hydrogen-bond acceptors (Lipinski definition) is 10. The summed E-state index contributed by atoms with van der Waals surface area (Å²) in [6.45, 7) is 15.9.